The highest BCUT2D eigenvalue weighted by Gasteiger charge is 2.17. The van der Waals surface area contributed by atoms with Crippen LogP contribution < -0.4 is 5.73 Å². The molecule has 0 bridgehead atoms. The molecule has 4 aromatic rings. The van der Waals surface area contributed by atoms with E-state index in [0.717, 1.165) is 22.2 Å². The molecule has 0 saturated carbocycles. The fraction of sp³-hybridized carbons (Fsp3) is 0.0526. The van der Waals surface area contributed by atoms with Crippen LogP contribution in [0.3, 0.4) is 0 Å². The van der Waals surface area contributed by atoms with Crippen molar-refractivity contribution >= 4 is 28.5 Å². The average Bonchev–Trinajstić information content (AvgIpc) is 2.62. The molecular formula is C19H13ClFN5. The predicted molar refractivity (Wildman–Crippen MR) is 100 cm³/mol. The zero-order valence-electron chi connectivity index (χ0n) is 13.7. The highest BCUT2D eigenvalue weighted by molar-refractivity contribution is 6.33. The van der Waals surface area contributed by atoms with Crippen LogP contribution >= 0.6 is 11.6 Å². The minimum absolute atomic E-state index is 0.0541. The van der Waals surface area contributed by atoms with Gasteiger partial charge in [-0.1, -0.05) is 17.7 Å². The smallest absolute Gasteiger partial charge is 0.222 e. The first-order valence-electron chi connectivity index (χ1n) is 7.83. The fourth-order valence-electron chi connectivity index (χ4n) is 2.86. The van der Waals surface area contributed by atoms with E-state index in [0.29, 0.717) is 16.8 Å². The number of rotatable bonds is 2. The number of nitrogen functional groups attached to an aromatic ring is 1. The minimum Gasteiger partial charge on any atom is -0.368 e. The lowest BCUT2D eigenvalue weighted by Gasteiger charge is -2.12. The highest BCUT2D eigenvalue weighted by atomic mass is 35.5. The fourth-order valence-corrected chi connectivity index (χ4v) is 3.15. The Kier molecular flexibility index (Phi) is 3.97. The molecule has 7 heteroatoms. The van der Waals surface area contributed by atoms with Crippen LogP contribution in [-0.2, 0) is 0 Å². The molecule has 0 amide bonds. The van der Waals surface area contributed by atoms with E-state index in [1.54, 1.807) is 12.1 Å². The van der Waals surface area contributed by atoms with Crippen molar-refractivity contribution < 1.29 is 4.39 Å². The van der Waals surface area contributed by atoms with Gasteiger partial charge in [-0.3, -0.25) is 0 Å². The summed E-state index contributed by atoms with van der Waals surface area (Å²) >= 11 is 6.40. The number of aryl methyl sites for hydroxylation is 1. The summed E-state index contributed by atoms with van der Waals surface area (Å²) in [4.78, 5) is 16.9. The van der Waals surface area contributed by atoms with Gasteiger partial charge in [0.05, 0.1) is 11.2 Å². The second-order valence-electron chi connectivity index (χ2n) is 5.79. The van der Waals surface area contributed by atoms with E-state index in [-0.39, 0.29) is 16.9 Å². The van der Waals surface area contributed by atoms with Gasteiger partial charge in [-0.05, 0) is 48.9 Å². The van der Waals surface area contributed by atoms with E-state index < -0.39 is 0 Å². The Hall–Kier alpha value is -3.12. The molecule has 0 atom stereocenters. The van der Waals surface area contributed by atoms with E-state index >= 15 is 0 Å². The van der Waals surface area contributed by atoms with Crippen molar-refractivity contribution in [3.05, 3.63) is 65.5 Å². The molecular weight excluding hydrogens is 353 g/mol. The molecule has 4 rings (SSSR count). The van der Waals surface area contributed by atoms with Gasteiger partial charge in [0.15, 0.2) is 0 Å². The van der Waals surface area contributed by atoms with Crippen LogP contribution in [-0.4, -0.2) is 19.9 Å². The van der Waals surface area contributed by atoms with Crippen LogP contribution in [0.4, 0.5) is 10.3 Å². The van der Waals surface area contributed by atoms with Crippen LogP contribution in [0.15, 0.2) is 48.8 Å². The molecule has 2 N–H and O–H groups in total. The molecule has 2 aromatic carbocycles. The third-order valence-electron chi connectivity index (χ3n) is 4.12. The van der Waals surface area contributed by atoms with E-state index in [1.807, 2.05) is 25.1 Å². The number of nitrogens with zero attached hydrogens (tertiary/aromatic N) is 4. The normalized spacial score (nSPS) is 11.0. The summed E-state index contributed by atoms with van der Waals surface area (Å²) in [5.41, 5.74) is 10.1. The molecule has 128 valence electrons. The lowest BCUT2D eigenvalue weighted by Crippen LogP contribution is -2.00. The molecule has 5 nitrogen and oxygen atoms in total. The Balaban J connectivity index is 1.99. The Morgan fingerprint density at radius 3 is 2.46 bits per heavy atom. The van der Waals surface area contributed by atoms with Crippen molar-refractivity contribution in [2.24, 2.45) is 0 Å². The summed E-state index contributed by atoms with van der Waals surface area (Å²) in [6.45, 7) is 1.91. The van der Waals surface area contributed by atoms with Gasteiger partial charge in [-0.15, -0.1) is 0 Å². The topological polar surface area (TPSA) is 77.6 Å². The molecule has 26 heavy (non-hydrogen) atoms. The third-order valence-corrected chi connectivity index (χ3v) is 4.40. The molecule has 2 aromatic heterocycles. The first-order chi connectivity index (χ1) is 12.5. The van der Waals surface area contributed by atoms with Crippen molar-refractivity contribution in [1.82, 2.24) is 19.9 Å². The van der Waals surface area contributed by atoms with E-state index in [4.69, 9.17) is 17.3 Å². The Morgan fingerprint density at radius 1 is 0.962 bits per heavy atom. The maximum absolute atomic E-state index is 13.3. The number of fused-ring (bicyclic) bond motifs is 1. The van der Waals surface area contributed by atoms with E-state index in [2.05, 4.69) is 19.9 Å². The summed E-state index contributed by atoms with van der Waals surface area (Å²) in [5, 5.41) is 1.13. The molecule has 0 fully saturated rings. The van der Waals surface area contributed by atoms with Gasteiger partial charge >= 0.3 is 0 Å². The number of anilines is 1. The van der Waals surface area contributed by atoms with Crippen LogP contribution in [0.5, 0.6) is 0 Å². The number of halogens is 2. The van der Waals surface area contributed by atoms with Crippen LogP contribution in [0.1, 0.15) is 5.69 Å². The molecule has 0 unspecified atom stereocenters. The van der Waals surface area contributed by atoms with Crippen LogP contribution in [0.25, 0.3) is 33.3 Å². The van der Waals surface area contributed by atoms with Crippen LogP contribution in [0, 0.1) is 12.7 Å². The van der Waals surface area contributed by atoms with Gasteiger partial charge < -0.3 is 5.73 Å². The molecule has 2 heterocycles. The van der Waals surface area contributed by atoms with Gasteiger partial charge in [0.25, 0.3) is 0 Å². The second-order valence-corrected chi connectivity index (χ2v) is 6.15. The monoisotopic (exact) mass is 365 g/mol. The van der Waals surface area contributed by atoms with E-state index in [1.165, 1.54) is 18.5 Å². The van der Waals surface area contributed by atoms with Crippen molar-refractivity contribution in [1.29, 1.82) is 0 Å². The summed E-state index contributed by atoms with van der Waals surface area (Å²) < 4.78 is 13.3. The molecule has 0 aliphatic carbocycles. The van der Waals surface area contributed by atoms with Gasteiger partial charge in [-0.2, -0.15) is 0 Å². The number of hydrogen-bond acceptors (Lipinski definition) is 5. The summed E-state index contributed by atoms with van der Waals surface area (Å²) in [5.74, 6) is -0.278. The highest BCUT2D eigenvalue weighted by Crippen LogP contribution is 2.37. The van der Waals surface area contributed by atoms with Gasteiger partial charge in [0.1, 0.15) is 17.3 Å². The maximum Gasteiger partial charge on any atom is 0.222 e. The molecule has 0 saturated heterocycles. The van der Waals surface area contributed by atoms with Crippen molar-refractivity contribution in [2.45, 2.75) is 6.92 Å². The Morgan fingerprint density at radius 2 is 1.69 bits per heavy atom. The quantitative estimate of drug-likeness (QED) is 0.531. The zero-order valence-corrected chi connectivity index (χ0v) is 14.5. The second kappa shape index (κ2) is 6.31. The SMILES string of the molecule is Cc1ncnc2ccc(-c3c(Cl)nc(N)nc3-c3ccc(F)cc3)cc12. The number of hydrogen-bond donors (Lipinski definition) is 1. The molecule has 0 aliphatic rings. The van der Waals surface area contributed by atoms with Crippen molar-refractivity contribution in [3.63, 3.8) is 0 Å². The lowest BCUT2D eigenvalue weighted by molar-refractivity contribution is 0.628. The lowest BCUT2D eigenvalue weighted by atomic mass is 9.99. The average molecular weight is 366 g/mol. The summed E-state index contributed by atoms with van der Waals surface area (Å²) in [7, 11) is 0. The third kappa shape index (κ3) is 2.84. The van der Waals surface area contributed by atoms with Gasteiger partial charge in [0.2, 0.25) is 5.95 Å². The van der Waals surface area contributed by atoms with Crippen molar-refractivity contribution in [2.75, 3.05) is 5.73 Å². The molecule has 0 radical (unpaired) electrons. The Labute approximate surface area is 153 Å². The van der Waals surface area contributed by atoms with Crippen LogP contribution in [0.2, 0.25) is 5.15 Å². The predicted octanol–water partition coefficient (Wildman–Crippen LogP) is 4.44. The molecule has 0 aliphatic heterocycles. The van der Waals surface area contributed by atoms with Gasteiger partial charge in [-0.25, -0.2) is 24.3 Å². The maximum atomic E-state index is 13.3. The number of nitrogens with two attached hydrogens (primary N) is 1. The summed E-state index contributed by atoms with van der Waals surface area (Å²) in [6, 6.07) is 11.7. The number of aromatic nitrogens is 4. The first kappa shape index (κ1) is 16.4. The largest absolute Gasteiger partial charge is 0.368 e. The first-order valence-corrected chi connectivity index (χ1v) is 8.21. The number of benzene rings is 2. The summed E-state index contributed by atoms with van der Waals surface area (Å²) in [6.07, 6.45) is 1.53. The van der Waals surface area contributed by atoms with Gasteiger partial charge in [0, 0.05) is 22.2 Å². The minimum atomic E-state index is -0.332. The van der Waals surface area contributed by atoms with Crippen molar-refractivity contribution in [3.8, 4) is 22.4 Å². The molecule has 0 spiro atoms. The van der Waals surface area contributed by atoms with E-state index in [9.17, 15) is 4.39 Å². The standard InChI is InChI=1S/C19H13ClFN5/c1-10-14-8-12(4-7-15(14)24-9-23-10)16-17(25-19(22)26-18(16)20)11-2-5-13(21)6-3-11/h2-9H,1H3,(H2,22,25,26). The Bertz CT molecular complexity index is 1130. The zero-order chi connectivity index (χ0) is 18.3.